The first-order valence-corrected chi connectivity index (χ1v) is 9.53. The molecule has 0 bridgehead atoms. The first-order valence-electron chi connectivity index (χ1n) is 8.04. The van der Waals surface area contributed by atoms with Gasteiger partial charge in [-0.2, -0.15) is 0 Å². The van der Waals surface area contributed by atoms with E-state index in [1.54, 1.807) is 42.5 Å². The van der Waals surface area contributed by atoms with Crippen LogP contribution in [0.25, 0.3) is 0 Å². The third kappa shape index (κ3) is 3.75. The molecule has 1 aliphatic rings. The van der Waals surface area contributed by atoms with Crippen LogP contribution in [0.4, 0.5) is 5.69 Å². The van der Waals surface area contributed by atoms with Crippen LogP contribution < -0.4 is 19.5 Å². The smallest absolute Gasteiger partial charge is 0.261 e. The lowest BCUT2D eigenvalue weighted by Gasteiger charge is -2.13. The number of hydrogen-bond acceptors (Lipinski definition) is 5. The van der Waals surface area contributed by atoms with Crippen molar-refractivity contribution in [1.29, 1.82) is 0 Å². The highest BCUT2D eigenvalue weighted by molar-refractivity contribution is 7.92. The standard InChI is InChI=1S/C18H20N2O5S/c1-24-16-8-5-14(10-17(16)25-2)20-26(22,23)15-6-3-12(4-7-15)13-9-18(21)19-11-13/h3-8,10,13,20H,9,11H2,1-2H3,(H,19,21)/t13-/m1/s1. The molecule has 1 aliphatic heterocycles. The number of amides is 1. The quantitative estimate of drug-likeness (QED) is 0.805. The maximum atomic E-state index is 12.6. The second-order valence-corrected chi connectivity index (χ2v) is 7.63. The topological polar surface area (TPSA) is 93.7 Å². The number of methoxy groups -OCH3 is 2. The minimum Gasteiger partial charge on any atom is -0.493 e. The van der Waals surface area contributed by atoms with Gasteiger partial charge in [0.05, 0.1) is 24.8 Å². The zero-order valence-corrected chi connectivity index (χ0v) is 15.3. The van der Waals surface area contributed by atoms with Gasteiger partial charge in [-0.25, -0.2) is 8.42 Å². The lowest BCUT2D eigenvalue weighted by atomic mass is 9.99. The Balaban J connectivity index is 1.79. The molecule has 26 heavy (non-hydrogen) atoms. The van der Waals surface area contributed by atoms with Crippen molar-refractivity contribution in [3.63, 3.8) is 0 Å². The van der Waals surface area contributed by atoms with Gasteiger partial charge in [-0.15, -0.1) is 0 Å². The first kappa shape index (κ1) is 18.1. The van der Waals surface area contributed by atoms with Gasteiger partial charge < -0.3 is 14.8 Å². The lowest BCUT2D eigenvalue weighted by Crippen LogP contribution is -2.14. The number of nitrogens with one attached hydrogen (secondary N) is 2. The molecular formula is C18H20N2O5S. The van der Waals surface area contributed by atoms with E-state index in [0.717, 1.165) is 5.56 Å². The van der Waals surface area contributed by atoms with Crippen LogP contribution in [0.2, 0.25) is 0 Å². The van der Waals surface area contributed by atoms with Gasteiger partial charge in [-0.05, 0) is 29.8 Å². The van der Waals surface area contributed by atoms with Crippen molar-refractivity contribution < 1.29 is 22.7 Å². The molecule has 0 saturated carbocycles. The van der Waals surface area contributed by atoms with Crippen LogP contribution in [0.1, 0.15) is 17.9 Å². The monoisotopic (exact) mass is 376 g/mol. The summed E-state index contributed by atoms with van der Waals surface area (Å²) in [5.41, 5.74) is 1.31. The molecule has 1 fully saturated rings. The molecule has 8 heteroatoms. The van der Waals surface area contributed by atoms with E-state index >= 15 is 0 Å². The molecule has 0 radical (unpaired) electrons. The molecule has 1 heterocycles. The second-order valence-electron chi connectivity index (χ2n) is 5.95. The van der Waals surface area contributed by atoms with Gasteiger partial charge in [-0.1, -0.05) is 12.1 Å². The average Bonchev–Trinajstić information content (AvgIpc) is 3.08. The summed E-state index contributed by atoms with van der Waals surface area (Å²) in [5, 5.41) is 2.77. The molecule has 0 spiro atoms. The second kappa shape index (κ2) is 7.25. The number of ether oxygens (including phenoxy) is 2. The molecule has 2 aromatic carbocycles. The van der Waals surface area contributed by atoms with Gasteiger partial charge in [-0.3, -0.25) is 9.52 Å². The van der Waals surface area contributed by atoms with Crippen LogP contribution in [0.3, 0.4) is 0 Å². The Bertz CT molecular complexity index is 910. The normalized spacial score (nSPS) is 16.8. The Kier molecular flexibility index (Phi) is 5.03. The van der Waals surface area contributed by atoms with Crippen molar-refractivity contribution in [3.05, 3.63) is 48.0 Å². The zero-order chi connectivity index (χ0) is 18.7. The highest BCUT2D eigenvalue weighted by Crippen LogP contribution is 2.31. The van der Waals surface area contributed by atoms with E-state index in [9.17, 15) is 13.2 Å². The number of carbonyl (C=O) groups is 1. The summed E-state index contributed by atoms with van der Waals surface area (Å²) in [5.74, 6) is 1.04. The highest BCUT2D eigenvalue weighted by Gasteiger charge is 2.23. The Morgan fingerprint density at radius 3 is 2.31 bits per heavy atom. The van der Waals surface area contributed by atoms with Crippen LogP contribution in [-0.2, 0) is 14.8 Å². The number of hydrogen-bond donors (Lipinski definition) is 2. The SMILES string of the molecule is COc1ccc(NS(=O)(=O)c2ccc([C@H]3CNC(=O)C3)cc2)cc1OC. The Labute approximate surface area is 152 Å². The lowest BCUT2D eigenvalue weighted by molar-refractivity contribution is -0.119. The summed E-state index contributed by atoms with van der Waals surface area (Å²) in [6, 6.07) is 11.4. The third-order valence-electron chi connectivity index (χ3n) is 4.27. The third-order valence-corrected chi connectivity index (χ3v) is 5.67. The number of sulfonamides is 1. The molecule has 1 amide bonds. The molecule has 3 rings (SSSR count). The molecule has 1 saturated heterocycles. The summed E-state index contributed by atoms with van der Waals surface area (Å²) in [6.07, 6.45) is 0.427. The van der Waals surface area contributed by atoms with Crippen molar-refractivity contribution in [1.82, 2.24) is 5.32 Å². The van der Waals surface area contributed by atoms with E-state index in [0.29, 0.717) is 30.2 Å². The Morgan fingerprint density at radius 2 is 1.73 bits per heavy atom. The maximum Gasteiger partial charge on any atom is 0.261 e. The van der Waals surface area contributed by atoms with E-state index in [1.165, 1.54) is 14.2 Å². The van der Waals surface area contributed by atoms with Crippen LogP contribution in [-0.4, -0.2) is 35.1 Å². The molecule has 2 N–H and O–H groups in total. The zero-order valence-electron chi connectivity index (χ0n) is 14.5. The predicted octanol–water partition coefficient (Wildman–Crippen LogP) is 2.11. The fourth-order valence-corrected chi connectivity index (χ4v) is 3.92. The average molecular weight is 376 g/mol. The largest absolute Gasteiger partial charge is 0.493 e. The van der Waals surface area contributed by atoms with Crippen LogP contribution in [0, 0.1) is 0 Å². The van der Waals surface area contributed by atoms with E-state index in [-0.39, 0.29) is 16.7 Å². The molecule has 7 nitrogen and oxygen atoms in total. The van der Waals surface area contributed by atoms with E-state index < -0.39 is 10.0 Å². The molecule has 0 aliphatic carbocycles. The van der Waals surface area contributed by atoms with Crippen molar-refractivity contribution in [3.8, 4) is 11.5 Å². The van der Waals surface area contributed by atoms with Gasteiger partial charge in [0.25, 0.3) is 10.0 Å². The number of rotatable bonds is 6. The number of carbonyl (C=O) groups excluding carboxylic acids is 1. The van der Waals surface area contributed by atoms with Crippen molar-refractivity contribution in [2.45, 2.75) is 17.2 Å². The minimum atomic E-state index is -3.74. The summed E-state index contributed by atoms with van der Waals surface area (Å²) < 4.78 is 38.0. The summed E-state index contributed by atoms with van der Waals surface area (Å²) in [7, 11) is -0.744. The summed E-state index contributed by atoms with van der Waals surface area (Å²) in [6.45, 7) is 0.578. The summed E-state index contributed by atoms with van der Waals surface area (Å²) >= 11 is 0. The fourth-order valence-electron chi connectivity index (χ4n) is 2.87. The number of benzene rings is 2. The van der Waals surface area contributed by atoms with Crippen molar-refractivity contribution >= 4 is 21.6 Å². The minimum absolute atomic E-state index is 0.0156. The molecular weight excluding hydrogens is 356 g/mol. The van der Waals surface area contributed by atoms with Gasteiger partial charge in [0.2, 0.25) is 5.91 Å². The fraction of sp³-hybridized carbons (Fsp3) is 0.278. The highest BCUT2D eigenvalue weighted by atomic mass is 32.2. The van der Waals surface area contributed by atoms with Gasteiger partial charge >= 0.3 is 0 Å². The van der Waals surface area contributed by atoms with Crippen LogP contribution in [0.5, 0.6) is 11.5 Å². The van der Waals surface area contributed by atoms with Gasteiger partial charge in [0.1, 0.15) is 0 Å². The van der Waals surface area contributed by atoms with Gasteiger partial charge in [0.15, 0.2) is 11.5 Å². The number of anilines is 1. The van der Waals surface area contributed by atoms with Crippen LogP contribution >= 0.6 is 0 Å². The van der Waals surface area contributed by atoms with Crippen molar-refractivity contribution in [2.24, 2.45) is 0 Å². The van der Waals surface area contributed by atoms with Gasteiger partial charge in [0, 0.05) is 24.9 Å². The Hall–Kier alpha value is -2.74. The molecule has 138 valence electrons. The molecule has 2 aromatic rings. The molecule has 0 unspecified atom stereocenters. The summed E-state index contributed by atoms with van der Waals surface area (Å²) in [4.78, 5) is 11.5. The Morgan fingerprint density at radius 1 is 1.04 bits per heavy atom. The molecule has 0 aromatic heterocycles. The van der Waals surface area contributed by atoms with E-state index in [2.05, 4.69) is 10.0 Å². The predicted molar refractivity (Wildman–Crippen MR) is 97.2 cm³/mol. The van der Waals surface area contributed by atoms with Crippen molar-refractivity contribution in [2.75, 3.05) is 25.5 Å². The van der Waals surface area contributed by atoms with E-state index in [1.807, 2.05) is 0 Å². The van der Waals surface area contributed by atoms with Crippen LogP contribution in [0.15, 0.2) is 47.4 Å². The molecule has 1 atom stereocenters. The maximum absolute atomic E-state index is 12.6. The first-order chi connectivity index (χ1) is 12.4. The van der Waals surface area contributed by atoms with E-state index in [4.69, 9.17) is 9.47 Å².